The number of aliphatic hydroxyl groups excluding tert-OH is 2. The molecule has 0 spiro atoms. The van der Waals surface area contributed by atoms with Gasteiger partial charge < -0.3 is 20.3 Å². The van der Waals surface area contributed by atoms with Crippen molar-refractivity contribution in [2.75, 3.05) is 6.61 Å². The third kappa shape index (κ3) is 39.2. The first-order valence-electron chi connectivity index (χ1n) is 24.6. The van der Waals surface area contributed by atoms with Crippen molar-refractivity contribution in [1.82, 2.24) is 5.32 Å². The lowest BCUT2D eigenvalue weighted by atomic mass is 10.0. The molecule has 0 aliphatic heterocycles. The van der Waals surface area contributed by atoms with E-state index in [1.54, 1.807) is 0 Å². The molecule has 56 heavy (non-hydrogen) atoms. The van der Waals surface area contributed by atoms with Gasteiger partial charge in [0, 0.05) is 6.42 Å². The lowest BCUT2D eigenvalue weighted by Gasteiger charge is -2.24. The third-order valence-electron chi connectivity index (χ3n) is 11.3. The number of rotatable bonds is 44. The van der Waals surface area contributed by atoms with Crippen LogP contribution in [0.4, 0.5) is 0 Å². The fourth-order valence-electron chi connectivity index (χ4n) is 7.54. The zero-order valence-electron chi connectivity index (χ0n) is 37.5. The molecule has 0 aliphatic rings. The summed E-state index contributed by atoms with van der Waals surface area (Å²) in [4.78, 5) is 26.0. The van der Waals surface area contributed by atoms with Gasteiger partial charge in [-0.25, -0.2) is 0 Å². The highest BCUT2D eigenvalue weighted by atomic mass is 16.5. The Balaban J connectivity index is 4.44. The van der Waals surface area contributed by atoms with Crippen LogP contribution in [-0.2, 0) is 14.3 Å². The van der Waals surface area contributed by atoms with Crippen LogP contribution in [0, 0.1) is 0 Å². The van der Waals surface area contributed by atoms with E-state index in [1.165, 1.54) is 161 Å². The summed E-state index contributed by atoms with van der Waals surface area (Å²) in [6.45, 7) is 6.44. The second-order valence-corrected chi connectivity index (χ2v) is 16.9. The number of carbonyl (C=O) groups is 2. The maximum Gasteiger partial charge on any atom is 0.306 e. The Kier molecular flexibility index (Phi) is 43.1. The second-order valence-electron chi connectivity index (χ2n) is 16.9. The van der Waals surface area contributed by atoms with Gasteiger partial charge in [-0.05, 0) is 51.4 Å². The molecule has 0 radical (unpaired) electrons. The molecule has 3 unspecified atom stereocenters. The topological polar surface area (TPSA) is 95.9 Å². The number of nitrogens with one attached hydrogen (secondary N) is 1. The number of esters is 1. The van der Waals surface area contributed by atoms with Crippen molar-refractivity contribution in [3.8, 4) is 0 Å². The fourth-order valence-corrected chi connectivity index (χ4v) is 7.54. The summed E-state index contributed by atoms with van der Waals surface area (Å²) in [7, 11) is 0. The molecule has 0 heterocycles. The number of amides is 1. The number of allylic oxidation sites excluding steroid dienone is 4. The van der Waals surface area contributed by atoms with Gasteiger partial charge in [0.1, 0.15) is 6.10 Å². The number of ether oxygens (including phenoxy) is 1. The molecule has 0 aromatic heterocycles. The van der Waals surface area contributed by atoms with Crippen LogP contribution < -0.4 is 5.32 Å². The van der Waals surface area contributed by atoms with Gasteiger partial charge in [0.05, 0.1) is 25.2 Å². The minimum absolute atomic E-state index is 0.0768. The van der Waals surface area contributed by atoms with Crippen molar-refractivity contribution in [2.45, 2.75) is 277 Å². The molecule has 0 aromatic rings. The van der Waals surface area contributed by atoms with E-state index in [4.69, 9.17) is 4.74 Å². The predicted molar refractivity (Wildman–Crippen MR) is 241 cm³/mol. The van der Waals surface area contributed by atoms with Crippen LogP contribution in [0.25, 0.3) is 0 Å². The van der Waals surface area contributed by atoms with Crippen molar-refractivity contribution in [3.63, 3.8) is 0 Å². The van der Waals surface area contributed by atoms with E-state index in [-0.39, 0.29) is 24.9 Å². The van der Waals surface area contributed by atoms with Gasteiger partial charge in [0.25, 0.3) is 0 Å². The zero-order valence-corrected chi connectivity index (χ0v) is 37.5. The van der Waals surface area contributed by atoms with E-state index in [2.05, 4.69) is 50.4 Å². The molecular weight excluding hydrogens is 695 g/mol. The molecule has 0 aliphatic carbocycles. The molecule has 0 fully saturated rings. The van der Waals surface area contributed by atoms with Gasteiger partial charge >= 0.3 is 5.97 Å². The minimum atomic E-state index is -0.784. The van der Waals surface area contributed by atoms with E-state index >= 15 is 0 Å². The van der Waals surface area contributed by atoms with Crippen molar-refractivity contribution >= 4 is 11.9 Å². The van der Waals surface area contributed by atoms with Crippen LogP contribution in [0.1, 0.15) is 258 Å². The van der Waals surface area contributed by atoms with Crippen LogP contribution in [-0.4, -0.2) is 46.9 Å². The number of aliphatic hydroxyl groups is 2. The molecule has 330 valence electrons. The number of unbranched alkanes of at least 4 members (excludes halogenated alkanes) is 29. The maximum atomic E-state index is 13.1. The number of hydrogen-bond acceptors (Lipinski definition) is 5. The second kappa shape index (κ2) is 44.4. The highest BCUT2D eigenvalue weighted by Gasteiger charge is 2.24. The van der Waals surface area contributed by atoms with Crippen LogP contribution in [0.15, 0.2) is 24.3 Å². The third-order valence-corrected chi connectivity index (χ3v) is 11.3. The van der Waals surface area contributed by atoms with Gasteiger partial charge in [-0.3, -0.25) is 9.59 Å². The molecule has 0 saturated heterocycles. The Bertz CT molecular complexity index is 889. The van der Waals surface area contributed by atoms with Crippen LogP contribution in [0.5, 0.6) is 0 Å². The highest BCUT2D eigenvalue weighted by molar-refractivity contribution is 5.77. The van der Waals surface area contributed by atoms with Gasteiger partial charge in [-0.1, -0.05) is 218 Å². The molecule has 0 rings (SSSR count). The van der Waals surface area contributed by atoms with E-state index in [1.807, 2.05) is 0 Å². The smallest absolute Gasteiger partial charge is 0.306 e. The Morgan fingerprint density at radius 1 is 0.518 bits per heavy atom. The first-order valence-corrected chi connectivity index (χ1v) is 24.6. The molecule has 1 amide bonds. The monoisotopic (exact) mass is 790 g/mol. The Hall–Kier alpha value is -1.66. The standard InChI is InChI=1S/C50H95NO5/c1-4-7-10-13-16-19-21-23-25-27-29-31-34-37-40-43-50(55)56-46(41-38-35-32-18-15-12-9-6-3)44-49(54)51-47(45-52)48(53)42-39-36-33-30-28-26-24-22-20-17-14-11-8-5-2/h16,19,21,23,46-48,52-53H,4-15,17-18,20,22,24-45H2,1-3H3,(H,51,54)/b19-16+,23-21+. The molecule has 3 N–H and O–H groups in total. The van der Waals surface area contributed by atoms with Crippen LogP contribution in [0.3, 0.4) is 0 Å². The average molecular weight is 790 g/mol. The quantitative estimate of drug-likeness (QED) is 0.0324. The van der Waals surface area contributed by atoms with Gasteiger partial charge in [0.15, 0.2) is 0 Å². The van der Waals surface area contributed by atoms with Gasteiger partial charge in [-0.15, -0.1) is 0 Å². The van der Waals surface area contributed by atoms with E-state index in [0.29, 0.717) is 19.3 Å². The molecule has 0 bridgehead atoms. The van der Waals surface area contributed by atoms with Gasteiger partial charge in [0.2, 0.25) is 5.91 Å². The Morgan fingerprint density at radius 2 is 0.893 bits per heavy atom. The molecule has 3 atom stereocenters. The highest BCUT2D eigenvalue weighted by Crippen LogP contribution is 2.18. The summed E-state index contributed by atoms with van der Waals surface area (Å²) in [5, 5.41) is 23.7. The normalized spacial score (nSPS) is 13.4. The van der Waals surface area contributed by atoms with Gasteiger partial charge in [-0.2, -0.15) is 0 Å². The summed E-state index contributed by atoms with van der Waals surface area (Å²) >= 11 is 0. The molecule has 6 nitrogen and oxygen atoms in total. The summed E-state index contributed by atoms with van der Waals surface area (Å²) in [5.41, 5.74) is 0. The molecule has 0 saturated carbocycles. The predicted octanol–water partition coefficient (Wildman–Crippen LogP) is 14.3. The first kappa shape index (κ1) is 54.3. The SMILES string of the molecule is CCCCC/C=C/C=C/CCCCCCCCC(=O)OC(CCCCCCCCCC)CC(=O)NC(CO)C(O)CCCCCCCCCCCCCCCC. The number of carbonyl (C=O) groups excluding carboxylic acids is 2. The maximum absolute atomic E-state index is 13.1. The van der Waals surface area contributed by atoms with E-state index in [9.17, 15) is 19.8 Å². The average Bonchev–Trinajstić information content (AvgIpc) is 3.19. The first-order chi connectivity index (χ1) is 27.5. The Labute approximate surface area is 348 Å². The van der Waals surface area contributed by atoms with Crippen LogP contribution in [0.2, 0.25) is 0 Å². The summed E-state index contributed by atoms with van der Waals surface area (Å²) < 4.78 is 5.89. The van der Waals surface area contributed by atoms with E-state index < -0.39 is 18.2 Å². The Morgan fingerprint density at radius 3 is 1.36 bits per heavy atom. The molecule has 0 aromatic carbocycles. The lowest BCUT2D eigenvalue weighted by molar-refractivity contribution is -0.151. The van der Waals surface area contributed by atoms with Crippen molar-refractivity contribution in [2.24, 2.45) is 0 Å². The summed E-state index contributed by atoms with van der Waals surface area (Å²) in [5.74, 6) is -0.480. The molecule has 6 heteroatoms. The summed E-state index contributed by atoms with van der Waals surface area (Å²) in [6, 6.07) is -0.697. The molecular formula is C50H95NO5. The zero-order chi connectivity index (χ0) is 41.0. The number of hydrogen-bond donors (Lipinski definition) is 3. The van der Waals surface area contributed by atoms with E-state index in [0.717, 1.165) is 51.4 Å². The minimum Gasteiger partial charge on any atom is -0.462 e. The fraction of sp³-hybridized carbons (Fsp3) is 0.880. The van der Waals surface area contributed by atoms with Crippen molar-refractivity contribution in [1.29, 1.82) is 0 Å². The van der Waals surface area contributed by atoms with Crippen molar-refractivity contribution < 1.29 is 24.5 Å². The summed E-state index contributed by atoms with van der Waals surface area (Å²) in [6.07, 6.45) is 49.5. The lowest BCUT2D eigenvalue weighted by Crippen LogP contribution is -2.46. The van der Waals surface area contributed by atoms with Crippen LogP contribution >= 0.6 is 0 Å². The van der Waals surface area contributed by atoms with Crippen molar-refractivity contribution in [3.05, 3.63) is 24.3 Å². The largest absolute Gasteiger partial charge is 0.462 e.